The summed E-state index contributed by atoms with van der Waals surface area (Å²) >= 11 is 3.29. The highest BCUT2D eigenvalue weighted by atomic mass is 79.9. The van der Waals surface area contributed by atoms with Crippen molar-refractivity contribution in [2.45, 2.75) is 19.4 Å². The Morgan fingerprint density at radius 1 is 1.50 bits per heavy atom. The van der Waals surface area contributed by atoms with Crippen molar-refractivity contribution in [2.24, 2.45) is 5.92 Å². The Balaban J connectivity index is 2.00. The lowest BCUT2D eigenvalue weighted by Crippen LogP contribution is -2.06. The number of halogens is 1. The van der Waals surface area contributed by atoms with Crippen molar-refractivity contribution in [1.29, 1.82) is 0 Å². The van der Waals surface area contributed by atoms with E-state index in [9.17, 15) is 0 Å². The summed E-state index contributed by atoms with van der Waals surface area (Å²) < 4.78 is 0.914. The number of hydrogen-bond acceptors (Lipinski definition) is 3. The molecule has 1 aliphatic carbocycles. The predicted molar refractivity (Wildman–Crippen MR) is 50.9 cm³/mol. The quantitative estimate of drug-likeness (QED) is 0.841. The van der Waals surface area contributed by atoms with E-state index < -0.39 is 0 Å². The van der Waals surface area contributed by atoms with Gasteiger partial charge in [0.25, 0.3) is 0 Å². The summed E-state index contributed by atoms with van der Waals surface area (Å²) in [6.07, 6.45) is 4.74. The van der Waals surface area contributed by atoms with Crippen LogP contribution >= 0.6 is 15.9 Å². The van der Waals surface area contributed by atoms with Crippen LogP contribution in [0.1, 0.15) is 13.3 Å². The molecule has 0 bridgehead atoms. The lowest BCUT2D eigenvalue weighted by Gasteiger charge is -2.01. The molecular weight excluding hydrogens is 218 g/mol. The summed E-state index contributed by atoms with van der Waals surface area (Å²) in [7, 11) is 0. The number of aromatic nitrogens is 2. The summed E-state index contributed by atoms with van der Waals surface area (Å²) in [5.74, 6) is 1.50. The summed E-state index contributed by atoms with van der Waals surface area (Å²) in [6.45, 7) is 2.22. The van der Waals surface area contributed by atoms with Gasteiger partial charge in [-0.05, 0) is 28.3 Å². The Bertz CT molecular complexity index is 272. The number of hydrogen-bond donors (Lipinski definition) is 1. The van der Waals surface area contributed by atoms with E-state index in [1.165, 1.54) is 6.42 Å². The van der Waals surface area contributed by atoms with Gasteiger partial charge in [-0.3, -0.25) is 0 Å². The van der Waals surface area contributed by atoms with Gasteiger partial charge in [-0.2, -0.15) is 0 Å². The van der Waals surface area contributed by atoms with E-state index in [4.69, 9.17) is 0 Å². The maximum absolute atomic E-state index is 4.12. The number of nitrogens with one attached hydrogen (secondary N) is 1. The molecule has 0 aromatic carbocycles. The topological polar surface area (TPSA) is 37.8 Å². The van der Waals surface area contributed by atoms with Gasteiger partial charge in [0.05, 0.1) is 4.47 Å². The summed E-state index contributed by atoms with van der Waals surface area (Å²) in [5.41, 5.74) is 0. The largest absolute Gasteiger partial charge is 0.351 e. The summed E-state index contributed by atoms with van der Waals surface area (Å²) in [5, 5.41) is 3.25. The molecule has 1 N–H and O–H groups in total. The van der Waals surface area contributed by atoms with Crippen molar-refractivity contribution < 1.29 is 0 Å². The van der Waals surface area contributed by atoms with Crippen molar-refractivity contribution in [1.82, 2.24) is 9.97 Å². The fourth-order valence-electron chi connectivity index (χ4n) is 1.08. The number of nitrogens with zero attached hydrogens (tertiary/aromatic N) is 2. The Morgan fingerprint density at radius 2 is 2.08 bits per heavy atom. The standard InChI is InChI=1S/C8H10BrN3/c1-5-2-7(5)12-8-10-3-6(9)4-11-8/h3-5,7H,2H2,1H3,(H,10,11,12). The third-order valence-electron chi connectivity index (χ3n) is 2.04. The lowest BCUT2D eigenvalue weighted by atomic mass is 10.5. The van der Waals surface area contributed by atoms with Crippen molar-refractivity contribution in [2.75, 3.05) is 5.32 Å². The zero-order valence-corrected chi connectivity index (χ0v) is 8.37. The van der Waals surface area contributed by atoms with E-state index in [-0.39, 0.29) is 0 Å². The molecule has 1 aliphatic rings. The molecule has 3 nitrogen and oxygen atoms in total. The van der Waals surface area contributed by atoms with Crippen molar-refractivity contribution >= 4 is 21.9 Å². The molecule has 0 amide bonds. The number of anilines is 1. The fraction of sp³-hybridized carbons (Fsp3) is 0.500. The molecular formula is C8H10BrN3. The van der Waals surface area contributed by atoms with Gasteiger partial charge in [-0.25, -0.2) is 9.97 Å². The highest BCUT2D eigenvalue weighted by Gasteiger charge is 2.32. The Labute approximate surface area is 79.7 Å². The number of rotatable bonds is 2. The Hall–Kier alpha value is -0.640. The van der Waals surface area contributed by atoms with Gasteiger partial charge in [0, 0.05) is 18.4 Å². The molecule has 2 atom stereocenters. The maximum atomic E-state index is 4.12. The molecule has 64 valence electrons. The van der Waals surface area contributed by atoms with Crippen LogP contribution in [0.2, 0.25) is 0 Å². The first-order valence-corrected chi connectivity index (χ1v) is 4.79. The van der Waals surface area contributed by atoms with Crippen LogP contribution < -0.4 is 5.32 Å². The molecule has 1 saturated carbocycles. The molecule has 4 heteroatoms. The molecule has 1 fully saturated rings. The van der Waals surface area contributed by atoms with Crippen LogP contribution in [0.15, 0.2) is 16.9 Å². The third-order valence-corrected chi connectivity index (χ3v) is 2.45. The van der Waals surface area contributed by atoms with E-state index in [0.717, 1.165) is 16.3 Å². The van der Waals surface area contributed by atoms with Gasteiger partial charge in [0.15, 0.2) is 0 Å². The first kappa shape index (κ1) is 7.98. The Kier molecular flexibility index (Phi) is 2.00. The van der Waals surface area contributed by atoms with Crippen LogP contribution in [-0.2, 0) is 0 Å². The first-order chi connectivity index (χ1) is 5.75. The molecule has 0 saturated heterocycles. The van der Waals surface area contributed by atoms with E-state index in [0.29, 0.717) is 6.04 Å². The van der Waals surface area contributed by atoms with E-state index in [2.05, 4.69) is 38.1 Å². The first-order valence-electron chi connectivity index (χ1n) is 4.00. The van der Waals surface area contributed by atoms with Gasteiger partial charge in [0.2, 0.25) is 5.95 Å². The lowest BCUT2D eigenvalue weighted by molar-refractivity contribution is 0.913. The maximum Gasteiger partial charge on any atom is 0.222 e. The smallest absolute Gasteiger partial charge is 0.222 e. The van der Waals surface area contributed by atoms with Crippen LogP contribution in [0.25, 0.3) is 0 Å². The minimum Gasteiger partial charge on any atom is -0.351 e. The average molecular weight is 228 g/mol. The van der Waals surface area contributed by atoms with E-state index >= 15 is 0 Å². The summed E-state index contributed by atoms with van der Waals surface area (Å²) in [6, 6.07) is 0.589. The van der Waals surface area contributed by atoms with Crippen molar-refractivity contribution in [3.63, 3.8) is 0 Å². The minimum absolute atomic E-state index is 0.589. The molecule has 2 unspecified atom stereocenters. The Morgan fingerprint density at radius 3 is 2.58 bits per heavy atom. The minimum atomic E-state index is 0.589. The predicted octanol–water partition coefficient (Wildman–Crippen LogP) is 2.06. The zero-order valence-electron chi connectivity index (χ0n) is 6.79. The molecule has 1 heterocycles. The van der Waals surface area contributed by atoms with E-state index in [1.54, 1.807) is 12.4 Å². The normalized spacial score (nSPS) is 26.8. The van der Waals surface area contributed by atoms with Crippen molar-refractivity contribution in [3.8, 4) is 0 Å². The molecule has 1 aromatic heterocycles. The van der Waals surface area contributed by atoms with Crippen LogP contribution in [0.4, 0.5) is 5.95 Å². The molecule has 0 radical (unpaired) electrons. The molecule has 0 aliphatic heterocycles. The van der Waals surface area contributed by atoms with Crippen LogP contribution in [0, 0.1) is 5.92 Å². The van der Waals surface area contributed by atoms with E-state index in [1.807, 2.05) is 0 Å². The second-order valence-corrected chi connectivity index (χ2v) is 4.10. The third kappa shape index (κ3) is 1.75. The van der Waals surface area contributed by atoms with Gasteiger partial charge in [-0.15, -0.1) is 0 Å². The molecule has 2 rings (SSSR count). The van der Waals surface area contributed by atoms with Gasteiger partial charge in [-0.1, -0.05) is 6.92 Å². The van der Waals surface area contributed by atoms with Crippen LogP contribution in [-0.4, -0.2) is 16.0 Å². The van der Waals surface area contributed by atoms with Crippen LogP contribution in [0.5, 0.6) is 0 Å². The molecule has 1 aromatic rings. The molecule has 12 heavy (non-hydrogen) atoms. The zero-order chi connectivity index (χ0) is 8.55. The monoisotopic (exact) mass is 227 g/mol. The second kappa shape index (κ2) is 3.01. The molecule has 0 spiro atoms. The van der Waals surface area contributed by atoms with Gasteiger partial charge < -0.3 is 5.32 Å². The van der Waals surface area contributed by atoms with Crippen molar-refractivity contribution in [3.05, 3.63) is 16.9 Å². The highest BCUT2D eigenvalue weighted by Crippen LogP contribution is 2.31. The van der Waals surface area contributed by atoms with Crippen LogP contribution in [0.3, 0.4) is 0 Å². The van der Waals surface area contributed by atoms with Gasteiger partial charge in [0.1, 0.15) is 0 Å². The summed E-state index contributed by atoms with van der Waals surface area (Å²) in [4.78, 5) is 8.25. The SMILES string of the molecule is CC1CC1Nc1ncc(Br)cn1. The average Bonchev–Trinajstić information content (AvgIpc) is 2.72. The van der Waals surface area contributed by atoms with Gasteiger partial charge >= 0.3 is 0 Å². The highest BCUT2D eigenvalue weighted by molar-refractivity contribution is 9.10. The fourth-order valence-corrected chi connectivity index (χ4v) is 1.28. The second-order valence-electron chi connectivity index (χ2n) is 3.19.